The molecule has 1 aromatic rings. The average Bonchev–Trinajstić information content (AvgIpc) is 2.88. The summed E-state index contributed by atoms with van der Waals surface area (Å²) in [7, 11) is -4.23. The number of aromatic nitrogens is 2. The lowest BCUT2D eigenvalue weighted by Crippen LogP contribution is -2.41. The van der Waals surface area contributed by atoms with Crippen LogP contribution in [0.15, 0.2) is 11.2 Å². The molecule has 0 saturated carbocycles. The fourth-order valence-electron chi connectivity index (χ4n) is 1.60. The highest BCUT2D eigenvalue weighted by atomic mass is 32.2. The van der Waals surface area contributed by atoms with E-state index in [2.05, 4.69) is 10.2 Å². The highest BCUT2D eigenvalue weighted by Crippen LogP contribution is 2.14. The van der Waals surface area contributed by atoms with Crippen molar-refractivity contribution < 1.29 is 27.9 Å². The van der Waals surface area contributed by atoms with E-state index in [4.69, 9.17) is 9.84 Å². The number of ether oxygens (including phenoxy) is 1. The van der Waals surface area contributed by atoms with Gasteiger partial charge >= 0.3 is 11.9 Å². The second-order valence-corrected chi connectivity index (χ2v) is 5.78. The Hall–Kier alpha value is -1.94. The Bertz CT molecular complexity index is 609. The lowest BCUT2D eigenvalue weighted by Gasteiger charge is -2.13. The van der Waals surface area contributed by atoms with Crippen molar-refractivity contribution in [2.24, 2.45) is 0 Å². The number of carbonyl (C=O) groups excluding carboxylic acids is 1. The molecule has 1 unspecified atom stereocenters. The SMILES string of the molecule is CCCC(NS(=O)(=O)c1[nH]ncc1C(=O)OCC)C(=O)O. The minimum Gasteiger partial charge on any atom is -0.480 e. The number of nitrogens with one attached hydrogen (secondary N) is 2. The highest BCUT2D eigenvalue weighted by Gasteiger charge is 2.30. The number of nitrogens with zero attached hydrogens (tertiary/aromatic N) is 1. The number of hydrogen-bond donors (Lipinski definition) is 3. The van der Waals surface area contributed by atoms with Gasteiger partial charge in [-0.2, -0.15) is 9.82 Å². The molecule has 118 valence electrons. The summed E-state index contributed by atoms with van der Waals surface area (Å²) in [5.41, 5.74) is -0.273. The molecule has 0 aliphatic rings. The molecule has 1 heterocycles. The van der Waals surface area contributed by atoms with Crippen LogP contribution in [0.25, 0.3) is 0 Å². The van der Waals surface area contributed by atoms with Gasteiger partial charge in [0.05, 0.1) is 12.8 Å². The second-order valence-electron chi connectivity index (χ2n) is 4.13. The van der Waals surface area contributed by atoms with Crippen LogP contribution in [0.2, 0.25) is 0 Å². The Kier molecular flexibility index (Phi) is 5.85. The number of hydrogen-bond acceptors (Lipinski definition) is 6. The standard InChI is InChI=1S/C11H17N3O6S/c1-3-5-8(10(15)16)14-21(18,19)9-7(6-12-13-9)11(17)20-4-2/h6,8,14H,3-5H2,1-2H3,(H,12,13)(H,15,16). The first-order valence-corrected chi connectivity index (χ1v) is 7.77. The molecule has 1 atom stereocenters. The molecule has 0 amide bonds. The zero-order valence-electron chi connectivity index (χ0n) is 11.6. The van der Waals surface area contributed by atoms with E-state index in [-0.39, 0.29) is 18.6 Å². The van der Waals surface area contributed by atoms with Gasteiger partial charge in [-0.15, -0.1) is 0 Å². The summed E-state index contributed by atoms with van der Waals surface area (Å²) in [6, 6.07) is -1.28. The van der Waals surface area contributed by atoms with Gasteiger partial charge < -0.3 is 9.84 Å². The van der Waals surface area contributed by atoms with E-state index in [1.165, 1.54) is 0 Å². The maximum Gasteiger partial charge on any atom is 0.342 e. The summed E-state index contributed by atoms with van der Waals surface area (Å²) >= 11 is 0. The monoisotopic (exact) mass is 319 g/mol. The number of rotatable bonds is 8. The van der Waals surface area contributed by atoms with Crippen molar-refractivity contribution in [3.8, 4) is 0 Å². The van der Waals surface area contributed by atoms with Gasteiger partial charge in [0, 0.05) is 0 Å². The number of sulfonamides is 1. The Balaban J connectivity index is 3.06. The maximum absolute atomic E-state index is 12.2. The molecule has 9 nitrogen and oxygen atoms in total. The highest BCUT2D eigenvalue weighted by molar-refractivity contribution is 7.89. The zero-order chi connectivity index (χ0) is 16.0. The third-order valence-corrected chi connectivity index (χ3v) is 3.98. The van der Waals surface area contributed by atoms with E-state index < -0.39 is 33.0 Å². The van der Waals surface area contributed by atoms with Gasteiger partial charge in [0.1, 0.15) is 11.6 Å². The van der Waals surface area contributed by atoms with E-state index in [0.717, 1.165) is 6.20 Å². The van der Waals surface area contributed by atoms with Crippen molar-refractivity contribution in [3.05, 3.63) is 11.8 Å². The van der Waals surface area contributed by atoms with Gasteiger partial charge in [0.2, 0.25) is 0 Å². The first kappa shape index (κ1) is 17.1. The molecule has 0 aromatic carbocycles. The molecule has 21 heavy (non-hydrogen) atoms. The number of H-pyrrole nitrogens is 1. The first-order valence-electron chi connectivity index (χ1n) is 6.29. The molecule has 0 bridgehead atoms. The van der Waals surface area contributed by atoms with Gasteiger partial charge in [0.15, 0.2) is 5.03 Å². The van der Waals surface area contributed by atoms with E-state index in [1.807, 2.05) is 4.72 Å². The molecule has 0 fully saturated rings. The summed E-state index contributed by atoms with van der Waals surface area (Å²) in [5, 5.41) is 14.1. The van der Waals surface area contributed by atoms with Gasteiger partial charge in [-0.05, 0) is 13.3 Å². The number of esters is 1. The van der Waals surface area contributed by atoms with Crippen LogP contribution < -0.4 is 4.72 Å². The predicted molar refractivity (Wildman–Crippen MR) is 71.2 cm³/mol. The van der Waals surface area contributed by atoms with Crippen LogP contribution in [0.3, 0.4) is 0 Å². The molecule has 0 spiro atoms. The van der Waals surface area contributed by atoms with Crippen molar-refractivity contribution in [1.82, 2.24) is 14.9 Å². The van der Waals surface area contributed by atoms with Gasteiger partial charge in [-0.1, -0.05) is 13.3 Å². The largest absolute Gasteiger partial charge is 0.480 e. The number of carboxylic acids is 1. The third kappa shape index (κ3) is 4.26. The van der Waals surface area contributed by atoms with Crippen LogP contribution in [0, 0.1) is 0 Å². The van der Waals surface area contributed by atoms with Crippen LogP contribution in [0.5, 0.6) is 0 Å². The molecule has 1 rings (SSSR count). The van der Waals surface area contributed by atoms with Crippen LogP contribution in [0.4, 0.5) is 0 Å². The minimum absolute atomic E-state index is 0.0739. The van der Waals surface area contributed by atoms with E-state index in [0.29, 0.717) is 6.42 Å². The van der Waals surface area contributed by atoms with E-state index in [1.54, 1.807) is 13.8 Å². The molecule has 10 heteroatoms. The van der Waals surface area contributed by atoms with Crippen LogP contribution >= 0.6 is 0 Å². The van der Waals surface area contributed by atoms with E-state index in [9.17, 15) is 18.0 Å². The lowest BCUT2D eigenvalue weighted by atomic mass is 10.2. The fourth-order valence-corrected chi connectivity index (χ4v) is 2.91. The quantitative estimate of drug-likeness (QED) is 0.578. The predicted octanol–water partition coefficient (Wildman–Crippen LogP) is 0.118. The van der Waals surface area contributed by atoms with Gasteiger partial charge in [-0.3, -0.25) is 9.89 Å². The number of aliphatic carboxylic acids is 1. The number of carbonyl (C=O) groups is 2. The molecule has 1 aromatic heterocycles. The van der Waals surface area contributed by atoms with Crippen LogP contribution in [-0.4, -0.2) is 48.3 Å². The third-order valence-electron chi connectivity index (χ3n) is 2.54. The van der Waals surface area contributed by atoms with Gasteiger partial charge in [0.25, 0.3) is 10.0 Å². The first-order chi connectivity index (χ1) is 9.83. The topological polar surface area (TPSA) is 138 Å². The normalized spacial score (nSPS) is 12.9. The van der Waals surface area contributed by atoms with Crippen molar-refractivity contribution >= 4 is 22.0 Å². The second kappa shape index (κ2) is 7.18. The molecule has 3 N–H and O–H groups in total. The Morgan fingerprint density at radius 2 is 2.14 bits per heavy atom. The maximum atomic E-state index is 12.2. The fraction of sp³-hybridized carbons (Fsp3) is 0.545. The lowest BCUT2D eigenvalue weighted by molar-refractivity contribution is -0.139. The van der Waals surface area contributed by atoms with Crippen LogP contribution in [0.1, 0.15) is 37.0 Å². The molecular formula is C11H17N3O6S. The molecular weight excluding hydrogens is 302 g/mol. The molecule has 0 saturated heterocycles. The van der Waals surface area contributed by atoms with Crippen LogP contribution in [-0.2, 0) is 19.6 Å². The summed E-state index contributed by atoms with van der Waals surface area (Å²) in [6.45, 7) is 3.38. The summed E-state index contributed by atoms with van der Waals surface area (Å²) < 4.78 is 31.1. The Morgan fingerprint density at radius 3 is 2.67 bits per heavy atom. The number of carboxylic acid groups (broad SMARTS) is 1. The molecule has 0 radical (unpaired) electrons. The summed E-state index contributed by atoms with van der Waals surface area (Å²) in [6.07, 6.45) is 1.62. The smallest absolute Gasteiger partial charge is 0.342 e. The Labute approximate surface area is 121 Å². The molecule has 0 aliphatic heterocycles. The van der Waals surface area contributed by atoms with Crippen molar-refractivity contribution in [2.75, 3.05) is 6.61 Å². The number of aromatic amines is 1. The van der Waals surface area contributed by atoms with Crippen molar-refractivity contribution in [1.29, 1.82) is 0 Å². The van der Waals surface area contributed by atoms with E-state index >= 15 is 0 Å². The Morgan fingerprint density at radius 1 is 1.48 bits per heavy atom. The molecule has 0 aliphatic carbocycles. The summed E-state index contributed by atoms with van der Waals surface area (Å²) in [5.74, 6) is -2.15. The van der Waals surface area contributed by atoms with Crippen molar-refractivity contribution in [3.63, 3.8) is 0 Å². The average molecular weight is 319 g/mol. The minimum atomic E-state index is -4.23. The summed E-state index contributed by atoms with van der Waals surface area (Å²) in [4.78, 5) is 22.6. The zero-order valence-corrected chi connectivity index (χ0v) is 12.4. The van der Waals surface area contributed by atoms with Gasteiger partial charge in [-0.25, -0.2) is 13.2 Å². The van der Waals surface area contributed by atoms with Crippen molar-refractivity contribution in [2.45, 2.75) is 37.8 Å².